The molecule has 88 valence electrons. The Morgan fingerprint density at radius 2 is 1.87 bits per heavy atom. The van der Waals surface area contributed by atoms with E-state index < -0.39 is 11.9 Å². The number of aliphatic carboxylic acids is 1. The summed E-state index contributed by atoms with van der Waals surface area (Å²) >= 11 is 0. The number of nitrogens with one attached hydrogen (secondary N) is 1. The number of likely N-dealkylation sites (N-methyl/N-ethyl adjacent to an activating group) is 1. The molecule has 5 nitrogen and oxygen atoms in total. The molecule has 0 radical (unpaired) electrons. The van der Waals surface area contributed by atoms with Crippen molar-refractivity contribution in [2.75, 3.05) is 20.1 Å². The zero-order chi connectivity index (χ0) is 12.0. The van der Waals surface area contributed by atoms with Gasteiger partial charge in [0, 0.05) is 12.6 Å². The Balaban J connectivity index is 3.87. The summed E-state index contributed by atoms with van der Waals surface area (Å²) in [4.78, 5) is 23.6. The minimum Gasteiger partial charge on any atom is -0.481 e. The summed E-state index contributed by atoms with van der Waals surface area (Å²) in [5.74, 6) is -1.38. The maximum absolute atomic E-state index is 11.3. The molecule has 0 saturated carbocycles. The van der Waals surface area contributed by atoms with Crippen molar-refractivity contribution >= 4 is 11.9 Å². The lowest BCUT2D eigenvalue weighted by molar-refractivity contribution is -0.142. The van der Waals surface area contributed by atoms with E-state index in [4.69, 9.17) is 5.11 Å². The van der Waals surface area contributed by atoms with Crippen molar-refractivity contribution in [2.45, 2.75) is 26.8 Å². The molecule has 0 aromatic carbocycles. The molecule has 0 aliphatic heterocycles. The summed E-state index contributed by atoms with van der Waals surface area (Å²) in [6.45, 7) is 6.01. The van der Waals surface area contributed by atoms with Gasteiger partial charge in [-0.1, -0.05) is 6.92 Å². The van der Waals surface area contributed by atoms with Gasteiger partial charge in [-0.05, 0) is 20.9 Å². The highest BCUT2D eigenvalue weighted by Crippen LogP contribution is 1.97. The average Bonchev–Trinajstić information content (AvgIpc) is 2.00. The number of amides is 1. The van der Waals surface area contributed by atoms with Crippen LogP contribution in [0.15, 0.2) is 0 Å². The summed E-state index contributed by atoms with van der Waals surface area (Å²) in [7, 11) is 1.74. The minimum atomic E-state index is -0.842. The third-order valence-corrected chi connectivity index (χ3v) is 1.87. The van der Waals surface area contributed by atoms with Gasteiger partial charge >= 0.3 is 5.97 Å². The molecule has 0 aromatic rings. The Hall–Kier alpha value is -1.10. The first-order valence-electron chi connectivity index (χ1n) is 5.03. The van der Waals surface area contributed by atoms with Gasteiger partial charge in [0.25, 0.3) is 0 Å². The summed E-state index contributed by atoms with van der Waals surface area (Å²) < 4.78 is 0. The first-order chi connectivity index (χ1) is 6.82. The molecule has 1 atom stereocenters. The van der Waals surface area contributed by atoms with Crippen LogP contribution >= 0.6 is 0 Å². The fourth-order valence-electron chi connectivity index (χ4n) is 1.22. The van der Waals surface area contributed by atoms with Crippen LogP contribution in [0.2, 0.25) is 0 Å². The second-order valence-corrected chi connectivity index (χ2v) is 4.16. The zero-order valence-electron chi connectivity index (χ0n) is 9.78. The number of rotatable bonds is 6. The van der Waals surface area contributed by atoms with Gasteiger partial charge in [0.05, 0.1) is 12.5 Å². The SMILES string of the molecule is CC(C)NC(=O)CN(C)CC(C)C(=O)O. The molecule has 0 aliphatic carbocycles. The molecule has 0 aliphatic rings. The summed E-state index contributed by atoms with van der Waals surface area (Å²) in [5, 5.41) is 11.4. The lowest BCUT2D eigenvalue weighted by Gasteiger charge is -2.19. The molecule has 2 N–H and O–H groups in total. The van der Waals surface area contributed by atoms with Crippen LogP contribution in [-0.4, -0.2) is 48.1 Å². The first kappa shape index (κ1) is 13.9. The third kappa shape index (κ3) is 6.90. The number of carboxylic acid groups (broad SMARTS) is 1. The van der Waals surface area contributed by atoms with Crippen molar-refractivity contribution in [2.24, 2.45) is 5.92 Å². The predicted molar refractivity (Wildman–Crippen MR) is 57.6 cm³/mol. The molecule has 1 unspecified atom stereocenters. The van der Waals surface area contributed by atoms with Crippen molar-refractivity contribution in [3.05, 3.63) is 0 Å². The lowest BCUT2D eigenvalue weighted by atomic mass is 10.2. The Labute approximate surface area is 90.5 Å². The minimum absolute atomic E-state index is 0.0786. The fourth-order valence-corrected chi connectivity index (χ4v) is 1.22. The Kier molecular flexibility index (Phi) is 5.93. The molecule has 0 saturated heterocycles. The molecule has 0 rings (SSSR count). The van der Waals surface area contributed by atoms with E-state index >= 15 is 0 Å². The zero-order valence-corrected chi connectivity index (χ0v) is 9.78. The molecule has 1 amide bonds. The van der Waals surface area contributed by atoms with Crippen molar-refractivity contribution in [3.63, 3.8) is 0 Å². The Bertz CT molecular complexity index is 229. The van der Waals surface area contributed by atoms with Crippen LogP contribution in [0.1, 0.15) is 20.8 Å². The van der Waals surface area contributed by atoms with Gasteiger partial charge in [-0.25, -0.2) is 0 Å². The van der Waals surface area contributed by atoms with Crippen LogP contribution in [0.4, 0.5) is 0 Å². The maximum atomic E-state index is 11.3. The van der Waals surface area contributed by atoms with Gasteiger partial charge in [0.2, 0.25) is 5.91 Å². The highest BCUT2D eigenvalue weighted by molar-refractivity contribution is 5.78. The Morgan fingerprint density at radius 1 is 1.33 bits per heavy atom. The lowest BCUT2D eigenvalue weighted by Crippen LogP contribution is -2.40. The highest BCUT2D eigenvalue weighted by Gasteiger charge is 2.15. The van der Waals surface area contributed by atoms with E-state index in [1.807, 2.05) is 13.8 Å². The Morgan fingerprint density at radius 3 is 2.27 bits per heavy atom. The molecule has 0 spiro atoms. The molecule has 0 aromatic heterocycles. The van der Waals surface area contributed by atoms with Gasteiger partial charge < -0.3 is 10.4 Å². The molecule has 5 heteroatoms. The molecule has 0 fully saturated rings. The number of hydrogen-bond acceptors (Lipinski definition) is 3. The van der Waals surface area contributed by atoms with Crippen molar-refractivity contribution in [1.29, 1.82) is 0 Å². The van der Waals surface area contributed by atoms with E-state index in [1.165, 1.54) is 0 Å². The largest absolute Gasteiger partial charge is 0.481 e. The topological polar surface area (TPSA) is 69.6 Å². The summed E-state index contributed by atoms with van der Waals surface area (Å²) in [6.07, 6.45) is 0. The van der Waals surface area contributed by atoms with Crippen LogP contribution in [0.25, 0.3) is 0 Å². The number of nitrogens with zero attached hydrogens (tertiary/aromatic N) is 1. The van der Waals surface area contributed by atoms with E-state index in [2.05, 4.69) is 5.32 Å². The number of carbonyl (C=O) groups is 2. The van der Waals surface area contributed by atoms with E-state index in [0.29, 0.717) is 6.54 Å². The number of hydrogen-bond donors (Lipinski definition) is 2. The van der Waals surface area contributed by atoms with E-state index in [-0.39, 0.29) is 18.5 Å². The van der Waals surface area contributed by atoms with Gasteiger partial charge in [0.15, 0.2) is 0 Å². The number of carboxylic acids is 1. The van der Waals surface area contributed by atoms with Crippen LogP contribution in [0, 0.1) is 5.92 Å². The normalized spacial score (nSPS) is 12.9. The van der Waals surface area contributed by atoms with E-state index in [0.717, 1.165) is 0 Å². The molecular formula is C10H20N2O3. The fraction of sp³-hybridized carbons (Fsp3) is 0.800. The molecule has 0 bridgehead atoms. The van der Waals surface area contributed by atoms with E-state index in [1.54, 1.807) is 18.9 Å². The van der Waals surface area contributed by atoms with Crippen molar-refractivity contribution in [1.82, 2.24) is 10.2 Å². The van der Waals surface area contributed by atoms with E-state index in [9.17, 15) is 9.59 Å². The second-order valence-electron chi connectivity index (χ2n) is 4.16. The monoisotopic (exact) mass is 216 g/mol. The number of carbonyl (C=O) groups excluding carboxylic acids is 1. The van der Waals surface area contributed by atoms with Crippen LogP contribution < -0.4 is 5.32 Å². The van der Waals surface area contributed by atoms with Crippen molar-refractivity contribution in [3.8, 4) is 0 Å². The van der Waals surface area contributed by atoms with Crippen molar-refractivity contribution < 1.29 is 14.7 Å². The maximum Gasteiger partial charge on any atom is 0.307 e. The van der Waals surface area contributed by atoms with Gasteiger partial charge in [-0.15, -0.1) is 0 Å². The standard InChI is InChI=1S/C10H20N2O3/c1-7(2)11-9(13)6-12(4)5-8(3)10(14)15/h7-8H,5-6H2,1-4H3,(H,11,13)(H,14,15). The van der Waals surface area contributed by atoms with Gasteiger partial charge in [-0.2, -0.15) is 0 Å². The second kappa shape index (κ2) is 6.40. The van der Waals surface area contributed by atoms with Gasteiger partial charge in [0.1, 0.15) is 0 Å². The van der Waals surface area contributed by atoms with Gasteiger partial charge in [-0.3, -0.25) is 14.5 Å². The molecule has 0 heterocycles. The summed E-state index contributed by atoms with van der Waals surface area (Å²) in [6, 6.07) is 0.114. The first-order valence-corrected chi connectivity index (χ1v) is 5.03. The quantitative estimate of drug-likeness (QED) is 0.663. The molecule has 15 heavy (non-hydrogen) atoms. The predicted octanol–water partition coefficient (Wildman–Crippen LogP) is 0.164. The average molecular weight is 216 g/mol. The van der Waals surface area contributed by atoms with Crippen LogP contribution in [0.3, 0.4) is 0 Å². The smallest absolute Gasteiger partial charge is 0.307 e. The third-order valence-electron chi connectivity index (χ3n) is 1.87. The highest BCUT2D eigenvalue weighted by atomic mass is 16.4. The summed E-state index contributed by atoms with van der Waals surface area (Å²) in [5.41, 5.74) is 0. The molecular weight excluding hydrogens is 196 g/mol. The van der Waals surface area contributed by atoms with Crippen LogP contribution in [-0.2, 0) is 9.59 Å². The van der Waals surface area contributed by atoms with Crippen LogP contribution in [0.5, 0.6) is 0 Å².